The molecule has 1 aliphatic carbocycles. The monoisotopic (exact) mass is 337 g/mol. The van der Waals surface area contributed by atoms with Crippen LogP contribution in [0.2, 0.25) is 0 Å². The van der Waals surface area contributed by atoms with Crippen molar-refractivity contribution in [3.8, 4) is 5.69 Å². The lowest BCUT2D eigenvalue weighted by atomic mass is 10.1. The molecule has 1 N–H and O–H groups in total. The topological polar surface area (TPSA) is 68.2 Å². The highest BCUT2D eigenvalue weighted by molar-refractivity contribution is 7.17. The number of hydrogen-bond acceptors (Lipinski definition) is 5. The van der Waals surface area contributed by atoms with Gasteiger partial charge < -0.3 is 5.11 Å². The van der Waals surface area contributed by atoms with E-state index < -0.39 is 6.10 Å². The van der Waals surface area contributed by atoms with Gasteiger partial charge in [0.1, 0.15) is 17.3 Å². The van der Waals surface area contributed by atoms with E-state index in [1.54, 1.807) is 40.9 Å². The molecule has 0 saturated heterocycles. The van der Waals surface area contributed by atoms with Gasteiger partial charge in [0.2, 0.25) is 0 Å². The lowest BCUT2D eigenvalue weighted by molar-refractivity contribution is 0.213. The maximum atomic E-state index is 11.0. The summed E-state index contributed by atoms with van der Waals surface area (Å²) in [7, 11) is 0. The summed E-state index contributed by atoms with van der Waals surface area (Å²) < 4.78 is 3.74. The number of fused-ring (bicyclic) bond motifs is 1. The first-order valence-electron chi connectivity index (χ1n) is 7.89. The van der Waals surface area contributed by atoms with E-state index in [-0.39, 0.29) is 0 Å². The van der Waals surface area contributed by atoms with Crippen LogP contribution in [0.25, 0.3) is 10.5 Å². The Bertz CT molecular complexity index is 999. The minimum absolute atomic E-state index is 0.577. The Morgan fingerprint density at radius 3 is 2.92 bits per heavy atom. The van der Waals surface area contributed by atoms with E-state index in [1.807, 2.05) is 28.9 Å². The second-order valence-corrected chi connectivity index (χ2v) is 7.12. The van der Waals surface area contributed by atoms with Gasteiger partial charge in [-0.2, -0.15) is 5.10 Å². The number of aliphatic hydroxyl groups excluding tert-OH is 1. The van der Waals surface area contributed by atoms with Crippen molar-refractivity contribution in [3.05, 3.63) is 65.6 Å². The van der Waals surface area contributed by atoms with E-state index >= 15 is 0 Å². The van der Waals surface area contributed by atoms with Crippen molar-refractivity contribution in [2.75, 3.05) is 0 Å². The summed E-state index contributed by atoms with van der Waals surface area (Å²) in [6.07, 6.45) is 12.4. The Morgan fingerprint density at radius 1 is 1.21 bits per heavy atom. The van der Waals surface area contributed by atoms with Crippen molar-refractivity contribution in [1.82, 2.24) is 24.1 Å². The minimum atomic E-state index is -0.714. The van der Waals surface area contributed by atoms with Crippen LogP contribution in [0, 0.1) is 0 Å². The lowest BCUT2D eigenvalue weighted by Gasteiger charge is -2.10. The van der Waals surface area contributed by atoms with Gasteiger partial charge in [-0.05, 0) is 30.9 Å². The maximum Gasteiger partial charge on any atom is 0.124 e. The Labute approximate surface area is 142 Å². The average molecular weight is 337 g/mol. The number of hydrogen-bond donors (Lipinski definition) is 1. The molecule has 4 aromatic rings. The van der Waals surface area contributed by atoms with E-state index in [1.165, 1.54) is 17.7 Å². The van der Waals surface area contributed by atoms with Crippen LogP contribution in [0.1, 0.15) is 41.0 Å². The summed E-state index contributed by atoms with van der Waals surface area (Å²) in [5, 5.41) is 15.4. The van der Waals surface area contributed by atoms with Gasteiger partial charge in [-0.3, -0.25) is 9.38 Å². The van der Waals surface area contributed by atoms with Crippen molar-refractivity contribution in [3.63, 3.8) is 0 Å². The fourth-order valence-corrected chi connectivity index (χ4v) is 4.29. The van der Waals surface area contributed by atoms with Gasteiger partial charge in [-0.25, -0.2) is 9.67 Å². The summed E-state index contributed by atoms with van der Waals surface area (Å²) in [6.45, 7) is 0. The van der Waals surface area contributed by atoms with Crippen LogP contribution in [0.15, 0.2) is 49.4 Å². The smallest absolute Gasteiger partial charge is 0.124 e. The number of imidazole rings is 1. The SMILES string of the molecule is OC(c1cnn(-c2cccnc2)c1)c1c(C2CC2)sc2cncn12. The molecule has 24 heavy (non-hydrogen) atoms. The number of aromatic nitrogens is 5. The molecule has 7 heteroatoms. The van der Waals surface area contributed by atoms with Gasteiger partial charge in [-0.1, -0.05) is 0 Å². The molecule has 0 bridgehead atoms. The molecule has 5 rings (SSSR count). The Morgan fingerprint density at radius 2 is 2.12 bits per heavy atom. The van der Waals surface area contributed by atoms with Gasteiger partial charge in [0, 0.05) is 22.8 Å². The van der Waals surface area contributed by atoms with Crippen LogP contribution in [-0.2, 0) is 0 Å². The highest BCUT2D eigenvalue weighted by Gasteiger charge is 2.32. The third kappa shape index (κ3) is 2.16. The van der Waals surface area contributed by atoms with E-state index in [0.29, 0.717) is 5.92 Å². The molecule has 0 radical (unpaired) electrons. The molecule has 4 heterocycles. The predicted molar refractivity (Wildman–Crippen MR) is 90.5 cm³/mol. The highest BCUT2D eigenvalue weighted by Crippen LogP contribution is 2.47. The van der Waals surface area contributed by atoms with Crippen LogP contribution in [0.5, 0.6) is 0 Å². The predicted octanol–water partition coefficient (Wildman–Crippen LogP) is 2.94. The number of rotatable bonds is 4. The zero-order valence-electron chi connectivity index (χ0n) is 12.8. The molecule has 1 atom stereocenters. The first-order valence-corrected chi connectivity index (χ1v) is 8.70. The van der Waals surface area contributed by atoms with Crippen molar-refractivity contribution in [1.29, 1.82) is 0 Å². The van der Waals surface area contributed by atoms with Crippen LogP contribution in [-0.4, -0.2) is 29.3 Å². The Kier molecular flexibility index (Phi) is 3.04. The number of aliphatic hydroxyl groups is 1. The van der Waals surface area contributed by atoms with Gasteiger partial charge in [-0.15, -0.1) is 11.3 Å². The van der Waals surface area contributed by atoms with E-state index in [0.717, 1.165) is 21.8 Å². The third-order valence-corrected chi connectivity index (χ3v) is 5.64. The van der Waals surface area contributed by atoms with Gasteiger partial charge in [0.15, 0.2) is 0 Å². The van der Waals surface area contributed by atoms with Crippen LogP contribution < -0.4 is 0 Å². The van der Waals surface area contributed by atoms with Gasteiger partial charge in [0.25, 0.3) is 0 Å². The Hall–Kier alpha value is -2.51. The molecule has 6 nitrogen and oxygen atoms in total. The van der Waals surface area contributed by atoms with E-state index in [2.05, 4.69) is 15.1 Å². The molecular formula is C17H15N5OS. The quantitative estimate of drug-likeness (QED) is 0.622. The van der Waals surface area contributed by atoms with Crippen LogP contribution in [0.3, 0.4) is 0 Å². The fourth-order valence-electron chi connectivity index (χ4n) is 2.99. The average Bonchev–Trinajstić information content (AvgIpc) is 3.04. The zero-order valence-corrected chi connectivity index (χ0v) is 13.6. The lowest BCUT2D eigenvalue weighted by Crippen LogP contribution is -2.05. The minimum Gasteiger partial charge on any atom is -0.382 e. The van der Waals surface area contributed by atoms with Crippen molar-refractivity contribution >= 4 is 16.2 Å². The van der Waals surface area contributed by atoms with Crippen molar-refractivity contribution in [2.24, 2.45) is 0 Å². The molecule has 120 valence electrons. The molecule has 0 aromatic carbocycles. The summed E-state index contributed by atoms with van der Waals surface area (Å²) in [5.74, 6) is 0.577. The van der Waals surface area contributed by atoms with Crippen molar-refractivity contribution in [2.45, 2.75) is 24.9 Å². The molecule has 1 aliphatic rings. The zero-order chi connectivity index (χ0) is 16.1. The summed E-state index contributed by atoms with van der Waals surface area (Å²) in [4.78, 5) is 10.7. The highest BCUT2D eigenvalue weighted by atomic mass is 32.1. The number of nitrogens with zero attached hydrogens (tertiary/aromatic N) is 5. The molecule has 1 saturated carbocycles. The van der Waals surface area contributed by atoms with Crippen molar-refractivity contribution < 1.29 is 5.11 Å². The molecule has 4 aromatic heterocycles. The largest absolute Gasteiger partial charge is 0.382 e. The molecule has 0 aliphatic heterocycles. The fraction of sp³-hybridized carbons (Fsp3) is 0.235. The normalized spacial score (nSPS) is 15.9. The first-order chi connectivity index (χ1) is 11.8. The molecule has 1 fully saturated rings. The second kappa shape index (κ2) is 5.25. The first kappa shape index (κ1) is 13.9. The maximum absolute atomic E-state index is 11.0. The van der Waals surface area contributed by atoms with E-state index in [4.69, 9.17) is 0 Å². The number of pyridine rings is 1. The molecule has 0 spiro atoms. The van der Waals surface area contributed by atoms with E-state index in [9.17, 15) is 5.11 Å². The standard InChI is InChI=1S/C17H15N5OS/c23-16(12-6-20-22(9-12)13-2-1-5-18-7-13)15-17(11-3-4-11)24-14-8-19-10-21(14)15/h1-2,5-11,16,23H,3-4H2. The summed E-state index contributed by atoms with van der Waals surface area (Å²) >= 11 is 1.73. The van der Waals surface area contributed by atoms with Crippen LogP contribution in [0.4, 0.5) is 0 Å². The second-order valence-electron chi connectivity index (χ2n) is 6.06. The summed E-state index contributed by atoms with van der Waals surface area (Å²) in [6, 6.07) is 3.80. The number of thiazole rings is 1. The molecule has 1 unspecified atom stereocenters. The Balaban J connectivity index is 1.57. The van der Waals surface area contributed by atoms with Gasteiger partial charge in [0.05, 0.1) is 30.0 Å². The molecular weight excluding hydrogens is 322 g/mol. The van der Waals surface area contributed by atoms with Gasteiger partial charge >= 0.3 is 0 Å². The third-order valence-electron chi connectivity index (χ3n) is 4.37. The van der Waals surface area contributed by atoms with Crippen LogP contribution >= 0.6 is 11.3 Å². The molecule has 0 amide bonds. The summed E-state index contributed by atoms with van der Waals surface area (Å²) in [5.41, 5.74) is 2.58.